The Bertz CT molecular complexity index is 2270. The molecule has 0 atom stereocenters. The number of benzene rings is 6. The average molecular weight is 522 g/mol. The summed E-state index contributed by atoms with van der Waals surface area (Å²) in [6.07, 6.45) is 3.57. The minimum atomic E-state index is 0.898. The van der Waals surface area contributed by atoms with Gasteiger partial charge in [-0.15, -0.1) is 0 Å². The van der Waals surface area contributed by atoms with Crippen LogP contribution in [0.1, 0.15) is 0 Å². The summed E-state index contributed by atoms with van der Waals surface area (Å²) < 4.78 is 2.39. The molecule has 0 saturated heterocycles. The zero-order valence-electron chi connectivity index (χ0n) is 22.1. The Balaban J connectivity index is 1.44. The minimum absolute atomic E-state index is 0.898. The molecule has 190 valence electrons. The van der Waals surface area contributed by atoms with Gasteiger partial charge < -0.3 is 4.57 Å². The molecule has 41 heavy (non-hydrogen) atoms. The van der Waals surface area contributed by atoms with Crippen molar-refractivity contribution < 1.29 is 0 Å². The van der Waals surface area contributed by atoms with Crippen molar-refractivity contribution in [2.24, 2.45) is 0 Å². The van der Waals surface area contributed by atoms with E-state index < -0.39 is 0 Å². The first-order valence-corrected chi connectivity index (χ1v) is 13.9. The lowest BCUT2D eigenvalue weighted by Crippen LogP contribution is -2.01. The standard InChI is InChI=1S/C38H23N3/c1-2-10-26-25(9-1)27-11-3-4-14-31(27)37-32(19-20-34-38(37)40-22-21-39-34)33-23-24(17-18-28(26)33)41-35-15-7-5-12-29(35)30-13-6-8-16-36(30)41/h1-23H. The quantitative estimate of drug-likeness (QED) is 0.215. The normalized spacial score (nSPS) is 11.9. The zero-order chi connectivity index (χ0) is 26.9. The summed E-state index contributed by atoms with van der Waals surface area (Å²) in [6, 6.07) is 46.1. The second kappa shape index (κ2) is 8.48. The maximum absolute atomic E-state index is 4.88. The Hall–Kier alpha value is -5.54. The number of hydrogen-bond donors (Lipinski definition) is 0. The van der Waals surface area contributed by atoms with Crippen LogP contribution in [0.5, 0.6) is 0 Å². The molecule has 3 heteroatoms. The third kappa shape index (κ3) is 3.14. The van der Waals surface area contributed by atoms with E-state index in [4.69, 9.17) is 4.98 Å². The fourth-order valence-electron chi connectivity index (χ4n) is 6.75. The van der Waals surface area contributed by atoms with Crippen LogP contribution >= 0.6 is 0 Å². The van der Waals surface area contributed by atoms with Gasteiger partial charge in [0.2, 0.25) is 0 Å². The van der Waals surface area contributed by atoms with Gasteiger partial charge in [0.1, 0.15) is 0 Å². The predicted molar refractivity (Wildman–Crippen MR) is 169 cm³/mol. The topological polar surface area (TPSA) is 30.7 Å². The van der Waals surface area contributed by atoms with Gasteiger partial charge in [-0.3, -0.25) is 9.97 Å². The maximum Gasteiger partial charge on any atom is 0.0971 e. The van der Waals surface area contributed by atoms with Crippen molar-refractivity contribution >= 4 is 32.8 Å². The Morgan fingerprint density at radius 2 is 0.951 bits per heavy atom. The fourth-order valence-corrected chi connectivity index (χ4v) is 6.75. The van der Waals surface area contributed by atoms with Gasteiger partial charge in [0.15, 0.2) is 0 Å². The largest absolute Gasteiger partial charge is 0.309 e. The summed E-state index contributed by atoms with van der Waals surface area (Å²) in [5.41, 5.74) is 14.9. The molecule has 2 aromatic heterocycles. The van der Waals surface area contributed by atoms with Gasteiger partial charge in [-0.25, -0.2) is 0 Å². The number of hydrogen-bond acceptors (Lipinski definition) is 2. The van der Waals surface area contributed by atoms with Crippen molar-refractivity contribution in [2.45, 2.75) is 0 Å². The molecular weight excluding hydrogens is 498 g/mol. The maximum atomic E-state index is 4.88. The molecule has 0 radical (unpaired) electrons. The van der Waals surface area contributed by atoms with E-state index >= 15 is 0 Å². The Labute approximate surface area is 237 Å². The lowest BCUT2D eigenvalue weighted by molar-refractivity contribution is 1.18. The summed E-state index contributed by atoms with van der Waals surface area (Å²) in [4.78, 5) is 9.56. The van der Waals surface area contributed by atoms with E-state index in [1.807, 2.05) is 0 Å². The average Bonchev–Trinajstić information content (AvgIpc) is 3.38. The number of rotatable bonds is 1. The highest BCUT2D eigenvalue weighted by atomic mass is 15.0. The molecule has 1 aliphatic carbocycles. The van der Waals surface area contributed by atoms with Gasteiger partial charge in [0.05, 0.1) is 22.1 Å². The van der Waals surface area contributed by atoms with Gasteiger partial charge in [-0.1, -0.05) is 97.1 Å². The molecule has 0 amide bonds. The van der Waals surface area contributed by atoms with Crippen LogP contribution in [0.2, 0.25) is 0 Å². The number of fused-ring (bicyclic) bond motifs is 13. The molecule has 0 aliphatic heterocycles. The first-order chi connectivity index (χ1) is 20.4. The summed E-state index contributed by atoms with van der Waals surface area (Å²) in [5, 5.41) is 2.52. The van der Waals surface area contributed by atoms with Crippen molar-refractivity contribution in [1.82, 2.24) is 14.5 Å². The minimum Gasteiger partial charge on any atom is -0.309 e. The zero-order valence-corrected chi connectivity index (χ0v) is 22.1. The van der Waals surface area contributed by atoms with Gasteiger partial charge >= 0.3 is 0 Å². The van der Waals surface area contributed by atoms with Crippen LogP contribution in [0.4, 0.5) is 0 Å². The van der Waals surface area contributed by atoms with Crippen LogP contribution in [0.3, 0.4) is 0 Å². The predicted octanol–water partition coefficient (Wildman–Crippen LogP) is 9.71. The molecule has 9 rings (SSSR count). The fraction of sp³-hybridized carbons (Fsp3) is 0. The highest BCUT2D eigenvalue weighted by Gasteiger charge is 2.25. The van der Waals surface area contributed by atoms with E-state index in [2.05, 4.69) is 137 Å². The van der Waals surface area contributed by atoms with E-state index in [0.29, 0.717) is 0 Å². The van der Waals surface area contributed by atoms with Gasteiger partial charge in [-0.05, 0) is 69.3 Å². The Kier molecular flexibility index (Phi) is 4.61. The molecule has 3 nitrogen and oxygen atoms in total. The molecular formula is C38H23N3. The third-order valence-corrected chi connectivity index (χ3v) is 8.48. The molecule has 0 spiro atoms. The summed E-state index contributed by atoms with van der Waals surface area (Å²) >= 11 is 0. The molecule has 2 heterocycles. The van der Waals surface area contributed by atoms with Crippen LogP contribution in [-0.4, -0.2) is 14.5 Å². The molecule has 6 aromatic carbocycles. The summed E-state index contributed by atoms with van der Waals surface area (Å²) in [6.45, 7) is 0. The van der Waals surface area contributed by atoms with Crippen molar-refractivity contribution in [1.29, 1.82) is 0 Å². The molecule has 0 fully saturated rings. The van der Waals surface area contributed by atoms with E-state index in [1.54, 1.807) is 12.4 Å². The van der Waals surface area contributed by atoms with E-state index in [9.17, 15) is 0 Å². The molecule has 0 N–H and O–H groups in total. The van der Waals surface area contributed by atoms with Gasteiger partial charge in [-0.2, -0.15) is 0 Å². The van der Waals surface area contributed by atoms with Crippen LogP contribution < -0.4 is 0 Å². The number of nitrogens with zero attached hydrogens (tertiary/aromatic N) is 3. The Morgan fingerprint density at radius 1 is 0.415 bits per heavy atom. The summed E-state index contributed by atoms with van der Waals surface area (Å²) in [5.74, 6) is 0. The van der Waals surface area contributed by atoms with Crippen LogP contribution in [-0.2, 0) is 0 Å². The van der Waals surface area contributed by atoms with Crippen molar-refractivity contribution in [3.63, 3.8) is 0 Å². The molecule has 8 aromatic rings. The van der Waals surface area contributed by atoms with Crippen molar-refractivity contribution in [3.8, 4) is 50.2 Å². The molecule has 1 aliphatic rings. The van der Waals surface area contributed by atoms with Gasteiger partial charge in [0, 0.05) is 34.4 Å². The van der Waals surface area contributed by atoms with Crippen LogP contribution in [0, 0.1) is 0 Å². The molecule has 0 unspecified atom stereocenters. The lowest BCUT2D eigenvalue weighted by Gasteiger charge is -2.24. The number of para-hydroxylation sites is 2. The smallest absolute Gasteiger partial charge is 0.0971 e. The monoisotopic (exact) mass is 521 g/mol. The SMILES string of the molecule is c1ccc2c(c1)-c1ccc(-n3c4ccccc4c4ccccc43)cc1-c1ccc3nccnc3c1-c1ccccc1-2. The molecule has 0 bridgehead atoms. The van der Waals surface area contributed by atoms with E-state index in [-0.39, 0.29) is 0 Å². The molecule has 0 saturated carbocycles. The highest BCUT2D eigenvalue weighted by Crippen LogP contribution is 2.49. The lowest BCUT2D eigenvalue weighted by atomic mass is 9.80. The van der Waals surface area contributed by atoms with Crippen molar-refractivity contribution in [3.05, 3.63) is 140 Å². The van der Waals surface area contributed by atoms with Crippen LogP contribution in [0.15, 0.2) is 140 Å². The Morgan fingerprint density at radius 3 is 1.66 bits per heavy atom. The second-order valence-electron chi connectivity index (χ2n) is 10.6. The summed E-state index contributed by atoms with van der Waals surface area (Å²) in [7, 11) is 0. The van der Waals surface area contributed by atoms with Crippen LogP contribution in [0.25, 0.3) is 83.0 Å². The second-order valence-corrected chi connectivity index (χ2v) is 10.6. The third-order valence-electron chi connectivity index (χ3n) is 8.48. The van der Waals surface area contributed by atoms with E-state index in [1.165, 1.54) is 55.2 Å². The van der Waals surface area contributed by atoms with Crippen molar-refractivity contribution in [2.75, 3.05) is 0 Å². The first kappa shape index (κ1) is 22.3. The van der Waals surface area contributed by atoms with E-state index in [0.717, 1.165) is 27.8 Å². The highest BCUT2D eigenvalue weighted by molar-refractivity contribution is 6.11. The first-order valence-electron chi connectivity index (χ1n) is 13.9. The number of aromatic nitrogens is 3. The van der Waals surface area contributed by atoms with Gasteiger partial charge in [0.25, 0.3) is 0 Å².